The zero-order valence-corrected chi connectivity index (χ0v) is 14.4. The maximum absolute atomic E-state index is 5.37. The Bertz CT molecular complexity index is 678. The van der Waals surface area contributed by atoms with Gasteiger partial charge in [0.2, 0.25) is 5.89 Å². The van der Waals surface area contributed by atoms with E-state index in [-0.39, 0.29) is 0 Å². The van der Waals surface area contributed by atoms with Gasteiger partial charge in [-0.05, 0) is 46.2 Å². The fourth-order valence-electron chi connectivity index (χ4n) is 3.44. The number of hydrogen-bond acceptors (Lipinski definition) is 7. The van der Waals surface area contributed by atoms with E-state index in [1.165, 1.54) is 25.7 Å². The number of nitrogens with zero attached hydrogens (tertiary/aromatic N) is 5. The molecule has 0 aromatic carbocycles. The maximum Gasteiger partial charge on any atom is 0.229 e. The summed E-state index contributed by atoms with van der Waals surface area (Å²) in [7, 11) is 2.16. The Morgan fingerprint density at radius 1 is 1.25 bits per heavy atom. The first-order chi connectivity index (χ1) is 11.7. The normalized spacial score (nSPS) is 22.4. The zero-order chi connectivity index (χ0) is 16.5. The van der Waals surface area contributed by atoms with Crippen molar-refractivity contribution in [2.75, 3.05) is 20.1 Å². The van der Waals surface area contributed by atoms with E-state index in [0.29, 0.717) is 12.0 Å². The van der Waals surface area contributed by atoms with Gasteiger partial charge in [0, 0.05) is 31.1 Å². The molecule has 4 rings (SSSR count). The predicted molar refractivity (Wildman–Crippen MR) is 87.3 cm³/mol. The molecule has 2 fully saturated rings. The molecule has 2 aromatic heterocycles. The Morgan fingerprint density at radius 2 is 2.12 bits per heavy atom. The van der Waals surface area contributed by atoms with E-state index in [1.807, 2.05) is 13.0 Å². The van der Waals surface area contributed by atoms with E-state index in [9.17, 15) is 0 Å². The fourth-order valence-corrected chi connectivity index (χ4v) is 3.44. The standard InChI is InChI=1S/C17H25N5O2/c1-12-8-14(19-23-12)9-21(2)15-4-3-7-22(10-15)11-16-18-17(24-20-16)13-5-6-13/h8,13,15H,3-7,9-11H2,1-2H3/t15-/m1/s1. The van der Waals surface area contributed by atoms with Gasteiger partial charge in [-0.3, -0.25) is 9.80 Å². The van der Waals surface area contributed by atoms with Gasteiger partial charge >= 0.3 is 0 Å². The molecule has 1 saturated carbocycles. The molecule has 2 aliphatic rings. The molecule has 3 heterocycles. The highest BCUT2D eigenvalue weighted by Crippen LogP contribution is 2.38. The van der Waals surface area contributed by atoms with Gasteiger partial charge in [0.05, 0.1) is 12.2 Å². The van der Waals surface area contributed by atoms with Crippen LogP contribution in [-0.4, -0.2) is 51.3 Å². The Balaban J connectivity index is 1.32. The number of aromatic nitrogens is 3. The van der Waals surface area contributed by atoms with E-state index >= 15 is 0 Å². The van der Waals surface area contributed by atoms with Gasteiger partial charge in [0.15, 0.2) is 5.82 Å². The second-order valence-electron chi connectivity index (χ2n) is 7.20. The smallest absolute Gasteiger partial charge is 0.229 e. The van der Waals surface area contributed by atoms with Crippen LogP contribution >= 0.6 is 0 Å². The minimum absolute atomic E-state index is 0.519. The molecule has 0 bridgehead atoms. The molecular weight excluding hydrogens is 306 g/mol. The van der Waals surface area contributed by atoms with Crippen LogP contribution in [0.3, 0.4) is 0 Å². The third kappa shape index (κ3) is 3.67. The molecule has 7 heteroatoms. The molecule has 2 aromatic rings. The minimum Gasteiger partial charge on any atom is -0.361 e. The number of rotatable bonds is 6. The highest BCUT2D eigenvalue weighted by molar-refractivity contribution is 5.04. The summed E-state index contributed by atoms with van der Waals surface area (Å²) in [6.45, 7) is 5.66. The summed E-state index contributed by atoms with van der Waals surface area (Å²) < 4.78 is 10.5. The van der Waals surface area contributed by atoms with Crippen molar-refractivity contribution in [2.24, 2.45) is 0 Å². The van der Waals surface area contributed by atoms with Crippen molar-refractivity contribution in [3.63, 3.8) is 0 Å². The summed E-state index contributed by atoms with van der Waals surface area (Å²) >= 11 is 0. The number of piperidine rings is 1. The molecular formula is C17H25N5O2. The van der Waals surface area contributed by atoms with Crippen molar-refractivity contribution in [1.82, 2.24) is 25.1 Å². The number of likely N-dealkylation sites (tertiary alicyclic amines) is 1. The van der Waals surface area contributed by atoms with Crippen LogP contribution in [0.15, 0.2) is 15.1 Å². The van der Waals surface area contributed by atoms with Gasteiger partial charge in [-0.25, -0.2) is 0 Å². The second kappa shape index (κ2) is 6.64. The summed E-state index contributed by atoms with van der Waals surface area (Å²) in [5.74, 6) is 3.05. The van der Waals surface area contributed by atoms with Crippen LogP contribution in [0, 0.1) is 6.92 Å². The molecule has 0 unspecified atom stereocenters. The van der Waals surface area contributed by atoms with E-state index in [2.05, 4.69) is 32.1 Å². The van der Waals surface area contributed by atoms with Gasteiger partial charge in [-0.1, -0.05) is 10.3 Å². The molecule has 1 aliphatic heterocycles. The summed E-state index contributed by atoms with van der Waals surface area (Å²) in [5, 5.41) is 8.25. The molecule has 0 spiro atoms. The average molecular weight is 331 g/mol. The van der Waals surface area contributed by atoms with Crippen molar-refractivity contribution in [3.05, 3.63) is 29.2 Å². The third-order valence-corrected chi connectivity index (χ3v) is 4.97. The molecule has 0 N–H and O–H groups in total. The monoisotopic (exact) mass is 331 g/mol. The van der Waals surface area contributed by atoms with E-state index in [0.717, 1.165) is 49.3 Å². The molecule has 0 radical (unpaired) electrons. The average Bonchev–Trinajstić information content (AvgIpc) is 3.19. The highest BCUT2D eigenvalue weighted by atomic mass is 16.5. The van der Waals surface area contributed by atoms with Crippen LogP contribution in [0.25, 0.3) is 0 Å². The first-order valence-electron chi connectivity index (χ1n) is 8.84. The minimum atomic E-state index is 0.519. The van der Waals surface area contributed by atoms with Crippen LogP contribution in [0.1, 0.15) is 54.8 Å². The maximum atomic E-state index is 5.37. The van der Waals surface area contributed by atoms with Gasteiger partial charge in [-0.15, -0.1) is 0 Å². The highest BCUT2D eigenvalue weighted by Gasteiger charge is 2.30. The lowest BCUT2D eigenvalue weighted by Crippen LogP contribution is -2.45. The van der Waals surface area contributed by atoms with Crippen LogP contribution in [0.2, 0.25) is 0 Å². The lowest BCUT2D eigenvalue weighted by atomic mass is 10.0. The van der Waals surface area contributed by atoms with Crippen LogP contribution < -0.4 is 0 Å². The molecule has 1 aliphatic carbocycles. The van der Waals surface area contributed by atoms with Crippen molar-refractivity contribution in [1.29, 1.82) is 0 Å². The fraction of sp³-hybridized carbons (Fsp3) is 0.706. The molecule has 24 heavy (non-hydrogen) atoms. The second-order valence-corrected chi connectivity index (χ2v) is 7.20. The van der Waals surface area contributed by atoms with Crippen LogP contribution in [-0.2, 0) is 13.1 Å². The van der Waals surface area contributed by atoms with Gasteiger partial charge in [0.1, 0.15) is 5.76 Å². The summed E-state index contributed by atoms with van der Waals surface area (Å²) in [5.41, 5.74) is 0.999. The van der Waals surface area contributed by atoms with E-state index in [4.69, 9.17) is 9.05 Å². The van der Waals surface area contributed by atoms with E-state index < -0.39 is 0 Å². The largest absolute Gasteiger partial charge is 0.361 e. The topological polar surface area (TPSA) is 71.4 Å². The SMILES string of the molecule is Cc1cc(CN(C)[C@@H]2CCCN(Cc3noc(C4CC4)n3)C2)no1. The first kappa shape index (κ1) is 15.8. The molecule has 1 atom stereocenters. The van der Waals surface area contributed by atoms with Crippen molar-refractivity contribution >= 4 is 0 Å². The lowest BCUT2D eigenvalue weighted by Gasteiger charge is -2.36. The zero-order valence-electron chi connectivity index (χ0n) is 14.4. The van der Waals surface area contributed by atoms with Gasteiger partial charge < -0.3 is 9.05 Å². The Labute approximate surface area is 142 Å². The Hall–Kier alpha value is -1.73. The molecule has 130 valence electrons. The van der Waals surface area contributed by atoms with Crippen molar-refractivity contribution < 1.29 is 9.05 Å². The summed E-state index contributed by atoms with van der Waals surface area (Å²) in [6.07, 6.45) is 4.79. The van der Waals surface area contributed by atoms with Crippen molar-refractivity contribution in [2.45, 2.75) is 57.7 Å². The Morgan fingerprint density at radius 3 is 2.88 bits per heavy atom. The summed E-state index contributed by atoms with van der Waals surface area (Å²) in [6, 6.07) is 2.53. The lowest BCUT2D eigenvalue weighted by molar-refractivity contribution is 0.103. The first-order valence-corrected chi connectivity index (χ1v) is 8.84. The Kier molecular flexibility index (Phi) is 4.37. The number of hydrogen-bond donors (Lipinski definition) is 0. The van der Waals surface area contributed by atoms with E-state index in [1.54, 1.807) is 0 Å². The van der Waals surface area contributed by atoms with Gasteiger partial charge in [-0.2, -0.15) is 4.98 Å². The summed E-state index contributed by atoms with van der Waals surface area (Å²) in [4.78, 5) is 9.35. The molecule has 1 saturated heterocycles. The predicted octanol–water partition coefficient (Wildman–Crippen LogP) is 2.34. The van der Waals surface area contributed by atoms with Crippen LogP contribution in [0.4, 0.5) is 0 Å². The van der Waals surface area contributed by atoms with Gasteiger partial charge in [0.25, 0.3) is 0 Å². The number of likely N-dealkylation sites (N-methyl/N-ethyl adjacent to an activating group) is 1. The molecule has 0 amide bonds. The van der Waals surface area contributed by atoms with Crippen LogP contribution in [0.5, 0.6) is 0 Å². The van der Waals surface area contributed by atoms with Crippen molar-refractivity contribution in [3.8, 4) is 0 Å². The third-order valence-electron chi connectivity index (χ3n) is 4.97. The quantitative estimate of drug-likeness (QED) is 0.804. The number of aryl methyl sites for hydroxylation is 1. The molecule has 7 nitrogen and oxygen atoms in total.